The predicted octanol–water partition coefficient (Wildman–Crippen LogP) is 1.76. The van der Waals surface area contributed by atoms with Gasteiger partial charge in [0.05, 0.1) is 6.54 Å². The lowest BCUT2D eigenvalue weighted by molar-refractivity contribution is -0.119. The molecule has 0 spiro atoms. The zero-order chi connectivity index (χ0) is 12.8. The van der Waals surface area contributed by atoms with Crippen molar-refractivity contribution < 1.29 is 4.79 Å². The lowest BCUT2D eigenvalue weighted by Crippen LogP contribution is -2.32. The van der Waals surface area contributed by atoms with Crippen molar-refractivity contribution in [3.8, 4) is 0 Å². The van der Waals surface area contributed by atoms with Crippen LogP contribution in [0.4, 0.5) is 11.4 Å². The van der Waals surface area contributed by atoms with E-state index in [1.807, 2.05) is 25.1 Å². The minimum atomic E-state index is -0.00199. The summed E-state index contributed by atoms with van der Waals surface area (Å²) in [5.41, 5.74) is 8.43. The molecule has 0 aromatic heterocycles. The first-order valence-corrected chi connectivity index (χ1v) is 5.85. The summed E-state index contributed by atoms with van der Waals surface area (Å²) < 4.78 is 0. The number of carbonyl (C=O) groups is 1. The van der Waals surface area contributed by atoms with Gasteiger partial charge in [0.1, 0.15) is 0 Å². The first-order valence-electron chi connectivity index (χ1n) is 5.85. The number of hydrogen-bond acceptors (Lipinski definition) is 3. The van der Waals surface area contributed by atoms with E-state index in [0.717, 1.165) is 16.9 Å². The number of anilines is 2. The Hall–Kier alpha value is -1.71. The predicted molar refractivity (Wildman–Crippen MR) is 71.9 cm³/mol. The van der Waals surface area contributed by atoms with E-state index in [2.05, 4.69) is 24.5 Å². The van der Waals surface area contributed by atoms with Crippen LogP contribution in [0.1, 0.15) is 19.4 Å². The standard InChI is InChI=1S/C13H21N3O/c1-9(2)7-16-13(17)8-15-11-5-4-10(3)12(14)6-11/h4-6,9,15H,7-8,14H2,1-3H3,(H,16,17). The molecule has 0 aliphatic heterocycles. The number of nitrogens with one attached hydrogen (secondary N) is 2. The van der Waals surface area contributed by atoms with Crippen molar-refractivity contribution in [1.82, 2.24) is 5.32 Å². The van der Waals surface area contributed by atoms with E-state index >= 15 is 0 Å². The summed E-state index contributed by atoms with van der Waals surface area (Å²) in [5, 5.41) is 5.89. The molecule has 4 heteroatoms. The molecule has 0 radical (unpaired) electrons. The molecule has 0 bridgehead atoms. The van der Waals surface area contributed by atoms with Gasteiger partial charge in [0.25, 0.3) is 0 Å². The Morgan fingerprint density at radius 1 is 1.41 bits per heavy atom. The molecule has 17 heavy (non-hydrogen) atoms. The monoisotopic (exact) mass is 235 g/mol. The van der Waals surface area contributed by atoms with Gasteiger partial charge in [-0.25, -0.2) is 0 Å². The first-order chi connectivity index (χ1) is 7.99. The molecule has 4 N–H and O–H groups in total. The summed E-state index contributed by atoms with van der Waals surface area (Å²) in [5.74, 6) is 0.465. The Morgan fingerprint density at radius 2 is 2.12 bits per heavy atom. The maximum atomic E-state index is 11.5. The quantitative estimate of drug-likeness (QED) is 0.681. The van der Waals surface area contributed by atoms with Gasteiger partial charge in [-0.3, -0.25) is 4.79 Å². The number of carbonyl (C=O) groups excluding carboxylic acids is 1. The van der Waals surface area contributed by atoms with Crippen LogP contribution >= 0.6 is 0 Å². The lowest BCUT2D eigenvalue weighted by Gasteiger charge is -2.10. The summed E-state index contributed by atoms with van der Waals surface area (Å²) in [6.45, 7) is 7.06. The topological polar surface area (TPSA) is 67.2 Å². The molecule has 1 aromatic rings. The molecule has 1 aromatic carbocycles. The number of hydrogen-bond donors (Lipinski definition) is 3. The highest BCUT2D eigenvalue weighted by Crippen LogP contribution is 2.16. The summed E-state index contributed by atoms with van der Waals surface area (Å²) >= 11 is 0. The van der Waals surface area contributed by atoms with Gasteiger partial charge in [-0.2, -0.15) is 0 Å². The Labute approximate surface area is 103 Å². The minimum absolute atomic E-state index is 0.00199. The van der Waals surface area contributed by atoms with Crippen molar-refractivity contribution in [3.05, 3.63) is 23.8 Å². The Morgan fingerprint density at radius 3 is 2.71 bits per heavy atom. The van der Waals surface area contributed by atoms with Crippen LogP contribution in [0.3, 0.4) is 0 Å². The molecule has 0 saturated heterocycles. The average molecular weight is 235 g/mol. The van der Waals surface area contributed by atoms with E-state index < -0.39 is 0 Å². The van der Waals surface area contributed by atoms with Crippen LogP contribution in [0.25, 0.3) is 0 Å². The molecule has 0 atom stereocenters. The fourth-order valence-electron chi connectivity index (χ4n) is 1.31. The Balaban J connectivity index is 2.39. The van der Waals surface area contributed by atoms with Crippen LogP contribution in [0.15, 0.2) is 18.2 Å². The van der Waals surface area contributed by atoms with Crippen LogP contribution in [-0.4, -0.2) is 19.0 Å². The molecular formula is C13H21N3O. The van der Waals surface area contributed by atoms with Gasteiger partial charge in [0, 0.05) is 17.9 Å². The van der Waals surface area contributed by atoms with E-state index in [1.165, 1.54) is 0 Å². The molecule has 0 unspecified atom stereocenters. The first kappa shape index (κ1) is 13.4. The van der Waals surface area contributed by atoms with Crippen LogP contribution in [-0.2, 0) is 4.79 Å². The number of aryl methyl sites for hydroxylation is 1. The summed E-state index contributed by atoms with van der Waals surface area (Å²) in [7, 11) is 0. The average Bonchev–Trinajstić information content (AvgIpc) is 2.28. The summed E-state index contributed by atoms with van der Waals surface area (Å²) in [6.07, 6.45) is 0. The Kier molecular flexibility index (Phi) is 4.82. The molecule has 4 nitrogen and oxygen atoms in total. The van der Waals surface area contributed by atoms with Crippen LogP contribution in [0.5, 0.6) is 0 Å². The SMILES string of the molecule is Cc1ccc(NCC(=O)NCC(C)C)cc1N. The summed E-state index contributed by atoms with van der Waals surface area (Å²) in [4.78, 5) is 11.5. The largest absolute Gasteiger partial charge is 0.398 e. The van der Waals surface area contributed by atoms with Gasteiger partial charge in [-0.1, -0.05) is 19.9 Å². The molecular weight excluding hydrogens is 214 g/mol. The van der Waals surface area contributed by atoms with E-state index in [-0.39, 0.29) is 12.5 Å². The van der Waals surface area contributed by atoms with E-state index in [0.29, 0.717) is 12.5 Å². The molecule has 0 fully saturated rings. The lowest BCUT2D eigenvalue weighted by atomic mass is 10.2. The van der Waals surface area contributed by atoms with Crippen molar-refractivity contribution in [1.29, 1.82) is 0 Å². The fraction of sp³-hybridized carbons (Fsp3) is 0.462. The number of amides is 1. The zero-order valence-electron chi connectivity index (χ0n) is 10.7. The highest BCUT2D eigenvalue weighted by atomic mass is 16.1. The van der Waals surface area contributed by atoms with Gasteiger partial charge in [0.15, 0.2) is 0 Å². The minimum Gasteiger partial charge on any atom is -0.398 e. The smallest absolute Gasteiger partial charge is 0.239 e. The number of rotatable bonds is 5. The van der Waals surface area contributed by atoms with Crippen LogP contribution < -0.4 is 16.4 Å². The number of nitrogen functional groups attached to an aromatic ring is 1. The van der Waals surface area contributed by atoms with Crippen molar-refractivity contribution in [3.63, 3.8) is 0 Å². The fourth-order valence-corrected chi connectivity index (χ4v) is 1.31. The molecule has 0 saturated carbocycles. The maximum absolute atomic E-state index is 11.5. The second-order valence-corrected chi connectivity index (χ2v) is 4.62. The van der Waals surface area contributed by atoms with E-state index in [1.54, 1.807) is 0 Å². The maximum Gasteiger partial charge on any atom is 0.239 e. The highest BCUT2D eigenvalue weighted by Gasteiger charge is 2.02. The van der Waals surface area contributed by atoms with Crippen molar-refractivity contribution in [2.75, 3.05) is 24.1 Å². The number of benzene rings is 1. The van der Waals surface area contributed by atoms with Gasteiger partial charge >= 0.3 is 0 Å². The molecule has 0 aliphatic carbocycles. The second kappa shape index (κ2) is 6.13. The van der Waals surface area contributed by atoms with Crippen molar-refractivity contribution >= 4 is 17.3 Å². The third-order valence-corrected chi connectivity index (χ3v) is 2.44. The second-order valence-electron chi connectivity index (χ2n) is 4.62. The summed E-state index contributed by atoms with van der Waals surface area (Å²) in [6, 6.07) is 5.69. The van der Waals surface area contributed by atoms with Crippen LogP contribution in [0.2, 0.25) is 0 Å². The van der Waals surface area contributed by atoms with Gasteiger partial charge in [-0.15, -0.1) is 0 Å². The normalized spacial score (nSPS) is 10.4. The molecule has 94 valence electrons. The van der Waals surface area contributed by atoms with Crippen molar-refractivity contribution in [2.45, 2.75) is 20.8 Å². The molecule has 1 rings (SSSR count). The third-order valence-electron chi connectivity index (χ3n) is 2.44. The Bertz CT molecular complexity index is 388. The molecule has 1 amide bonds. The highest BCUT2D eigenvalue weighted by molar-refractivity contribution is 5.80. The van der Waals surface area contributed by atoms with Gasteiger partial charge in [-0.05, 0) is 30.5 Å². The van der Waals surface area contributed by atoms with Gasteiger partial charge < -0.3 is 16.4 Å². The van der Waals surface area contributed by atoms with Crippen molar-refractivity contribution in [2.24, 2.45) is 5.92 Å². The zero-order valence-corrected chi connectivity index (χ0v) is 10.7. The van der Waals surface area contributed by atoms with E-state index in [4.69, 9.17) is 5.73 Å². The third kappa shape index (κ3) is 4.76. The van der Waals surface area contributed by atoms with E-state index in [9.17, 15) is 4.79 Å². The molecule has 0 heterocycles. The van der Waals surface area contributed by atoms with Crippen LogP contribution in [0, 0.1) is 12.8 Å². The molecule has 0 aliphatic rings. The van der Waals surface area contributed by atoms with Gasteiger partial charge in [0.2, 0.25) is 5.91 Å². The number of nitrogens with two attached hydrogens (primary N) is 1.